The van der Waals surface area contributed by atoms with Crippen molar-refractivity contribution in [2.75, 3.05) is 0 Å². The number of hydrogen-bond acceptors (Lipinski definition) is 4. The van der Waals surface area contributed by atoms with Gasteiger partial charge in [0.25, 0.3) is 0 Å². The van der Waals surface area contributed by atoms with Gasteiger partial charge in [-0.05, 0) is 6.07 Å². The summed E-state index contributed by atoms with van der Waals surface area (Å²) in [4.78, 5) is 3.84. The summed E-state index contributed by atoms with van der Waals surface area (Å²) in [6.07, 6.45) is 3.31. The Morgan fingerprint density at radius 1 is 1.46 bits per heavy atom. The number of nitrogens with zero attached hydrogens (tertiary/aromatic N) is 3. The molecule has 2 rings (SSSR count). The minimum atomic E-state index is -1.52. The van der Waals surface area contributed by atoms with Gasteiger partial charge in [0.1, 0.15) is 5.52 Å². The first-order valence-electron chi connectivity index (χ1n) is 3.82. The van der Waals surface area contributed by atoms with Crippen LogP contribution in [0.4, 0.5) is 0 Å². The number of aryl methyl sites for hydroxylation is 1. The maximum Gasteiger partial charge on any atom is 0.508 e. The Bertz CT molecular complexity index is 440. The molecule has 0 amide bonds. The molecule has 0 saturated carbocycles. The lowest BCUT2D eigenvalue weighted by Crippen LogP contribution is -2.32. The van der Waals surface area contributed by atoms with Crippen molar-refractivity contribution in [1.82, 2.24) is 14.8 Å². The number of pyridine rings is 1. The summed E-state index contributed by atoms with van der Waals surface area (Å²) in [7, 11) is 0.277. The molecule has 2 heterocycles. The Kier molecular flexibility index (Phi) is 1.79. The Hall–Kier alpha value is -1.40. The van der Waals surface area contributed by atoms with E-state index in [1.165, 1.54) is 6.20 Å². The quantitative estimate of drug-likeness (QED) is 0.528. The van der Waals surface area contributed by atoms with Crippen LogP contribution in [0, 0.1) is 0 Å². The maximum absolute atomic E-state index is 8.86. The Morgan fingerprint density at radius 3 is 2.92 bits per heavy atom. The van der Waals surface area contributed by atoms with Crippen LogP contribution in [0.15, 0.2) is 18.5 Å². The lowest BCUT2D eigenvalue weighted by molar-refractivity contribution is 0.424. The van der Waals surface area contributed by atoms with Crippen LogP contribution >= 0.6 is 0 Å². The summed E-state index contributed by atoms with van der Waals surface area (Å²) in [6, 6.07) is 1.60. The van der Waals surface area contributed by atoms with Crippen LogP contribution in [0.2, 0.25) is 0 Å². The average Bonchev–Trinajstić information content (AvgIpc) is 2.42. The molecule has 0 radical (unpaired) electrons. The van der Waals surface area contributed by atoms with Crippen LogP contribution < -0.4 is 5.59 Å². The van der Waals surface area contributed by atoms with Crippen LogP contribution in [0.25, 0.3) is 10.9 Å². The first kappa shape index (κ1) is 8.21. The molecule has 0 aromatic carbocycles. The SMILES string of the molecule is Cn1cc2cc(B(O)O)ncc2n1. The highest BCUT2D eigenvalue weighted by atomic mass is 16.4. The van der Waals surface area contributed by atoms with Gasteiger partial charge in [-0.25, -0.2) is 0 Å². The number of fused-ring (bicyclic) bond motifs is 1. The largest absolute Gasteiger partial charge is 0.508 e. The van der Waals surface area contributed by atoms with E-state index in [-0.39, 0.29) is 5.59 Å². The zero-order chi connectivity index (χ0) is 9.42. The topological polar surface area (TPSA) is 71.2 Å². The predicted molar refractivity (Wildman–Crippen MR) is 48.3 cm³/mol. The summed E-state index contributed by atoms with van der Waals surface area (Å²) >= 11 is 0. The zero-order valence-corrected chi connectivity index (χ0v) is 7.05. The molecule has 2 N–H and O–H groups in total. The molecule has 0 bridgehead atoms. The number of aromatic nitrogens is 3. The summed E-state index contributed by atoms with van der Waals surface area (Å²) < 4.78 is 1.65. The molecule has 0 fully saturated rings. The van der Waals surface area contributed by atoms with Gasteiger partial charge in [-0.3, -0.25) is 9.67 Å². The van der Waals surface area contributed by atoms with Crippen LogP contribution in [0.3, 0.4) is 0 Å². The molecule has 66 valence electrons. The Morgan fingerprint density at radius 2 is 2.23 bits per heavy atom. The Labute approximate surface area is 74.8 Å². The standard InChI is InChI=1S/C7H8BN3O2/c1-11-4-5-2-7(8(12)13)9-3-6(5)10-11/h2-4,12-13H,1H3. The van der Waals surface area contributed by atoms with Crippen molar-refractivity contribution in [2.45, 2.75) is 0 Å². The minimum Gasteiger partial charge on any atom is -0.422 e. The van der Waals surface area contributed by atoms with Gasteiger partial charge in [0.15, 0.2) is 0 Å². The van der Waals surface area contributed by atoms with E-state index >= 15 is 0 Å². The summed E-state index contributed by atoms with van der Waals surface area (Å²) in [5.74, 6) is 0. The third kappa shape index (κ3) is 1.41. The molecule has 0 aliphatic heterocycles. The highest BCUT2D eigenvalue weighted by molar-refractivity contribution is 6.57. The third-order valence-electron chi connectivity index (χ3n) is 1.79. The number of rotatable bonds is 1. The molecule has 5 nitrogen and oxygen atoms in total. The lowest BCUT2D eigenvalue weighted by Gasteiger charge is -1.95. The molecule has 0 unspecified atom stereocenters. The van der Waals surface area contributed by atoms with Gasteiger partial charge in [0.2, 0.25) is 0 Å². The fourth-order valence-corrected chi connectivity index (χ4v) is 1.21. The van der Waals surface area contributed by atoms with Crippen molar-refractivity contribution in [3.8, 4) is 0 Å². The van der Waals surface area contributed by atoms with Gasteiger partial charge in [-0.15, -0.1) is 0 Å². The van der Waals surface area contributed by atoms with E-state index < -0.39 is 7.12 Å². The first-order valence-corrected chi connectivity index (χ1v) is 3.82. The van der Waals surface area contributed by atoms with E-state index in [1.54, 1.807) is 24.0 Å². The molecular weight excluding hydrogens is 169 g/mol. The van der Waals surface area contributed by atoms with Crippen molar-refractivity contribution in [1.29, 1.82) is 0 Å². The molecule has 0 saturated heterocycles. The Balaban J connectivity index is 2.61. The van der Waals surface area contributed by atoms with Crippen molar-refractivity contribution in [3.63, 3.8) is 0 Å². The lowest BCUT2D eigenvalue weighted by atomic mass is 9.85. The van der Waals surface area contributed by atoms with Crippen molar-refractivity contribution in [3.05, 3.63) is 18.5 Å². The molecule has 0 spiro atoms. The van der Waals surface area contributed by atoms with Crippen molar-refractivity contribution in [2.24, 2.45) is 7.05 Å². The molecule has 0 aliphatic carbocycles. The van der Waals surface area contributed by atoms with E-state index in [2.05, 4.69) is 10.1 Å². The van der Waals surface area contributed by atoms with Gasteiger partial charge >= 0.3 is 7.12 Å². The summed E-state index contributed by atoms with van der Waals surface area (Å²) in [5.41, 5.74) is 0.979. The molecule has 0 aliphatic rings. The molecular formula is C7H8BN3O2. The van der Waals surface area contributed by atoms with Crippen LogP contribution in [-0.2, 0) is 7.05 Å². The molecule has 2 aromatic heterocycles. The van der Waals surface area contributed by atoms with Crippen molar-refractivity contribution >= 4 is 23.6 Å². The third-order valence-corrected chi connectivity index (χ3v) is 1.79. The van der Waals surface area contributed by atoms with Gasteiger partial charge in [0, 0.05) is 18.6 Å². The van der Waals surface area contributed by atoms with Gasteiger partial charge in [-0.1, -0.05) is 0 Å². The zero-order valence-electron chi connectivity index (χ0n) is 7.05. The number of hydrogen-bond donors (Lipinski definition) is 2. The molecule has 2 aromatic rings. The average molecular weight is 177 g/mol. The fraction of sp³-hybridized carbons (Fsp3) is 0.143. The van der Waals surface area contributed by atoms with Crippen LogP contribution in [0.5, 0.6) is 0 Å². The second-order valence-electron chi connectivity index (χ2n) is 2.84. The second-order valence-corrected chi connectivity index (χ2v) is 2.84. The second kappa shape index (κ2) is 2.83. The van der Waals surface area contributed by atoms with Crippen LogP contribution in [-0.4, -0.2) is 31.9 Å². The highest BCUT2D eigenvalue weighted by Gasteiger charge is 2.13. The molecule has 13 heavy (non-hydrogen) atoms. The van der Waals surface area contributed by atoms with E-state index in [1.807, 2.05) is 0 Å². The fourth-order valence-electron chi connectivity index (χ4n) is 1.21. The van der Waals surface area contributed by atoms with E-state index in [9.17, 15) is 0 Å². The smallest absolute Gasteiger partial charge is 0.422 e. The monoisotopic (exact) mass is 177 g/mol. The summed E-state index contributed by atoms with van der Waals surface area (Å²) in [6.45, 7) is 0. The van der Waals surface area contributed by atoms with E-state index in [0.717, 1.165) is 10.9 Å². The van der Waals surface area contributed by atoms with Gasteiger partial charge in [0.05, 0.1) is 11.8 Å². The first-order chi connectivity index (χ1) is 6.16. The van der Waals surface area contributed by atoms with E-state index in [4.69, 9.17) is 10.0 Å². The predicted octanol–water partition coefficient (Wildman–Crippen LogP) is -1.35. The molecule has 6 heteroatoms. The minimum absolute atomic E-state index is 0.237. The van der Waals surface area contributed by atoms with Crippen LogP contribution in [0.1, 0.15) is 0 Å². The molecule has 0 atom stereocenters. The van der Waals surface area contributed by atoms with Crippen molar-refractivity contribution < 1.29 is 10.0 Å². The van der Waals surface area contributed by atoms with Gasteiger partial charge in [-0.2, -0.15) is 5.10 Å². The maximum atomic E-state index is 8.86. The summed E-state index contributed by atoms with van der Waals surface area (Å²) in [5, 5.41) is 22.7. The van der Waals surface area contributed by atoms with E-state index in [0.29, 0.717) is 0 Å². The van der Waals surface area contributed by atoms with Gasteiger partial charge < -0.3 is 10.0 Å². The normalized spacial score (nSPS) is 10.7. The highest BCUT2D eigenvalue weighted by Crippen LogP contribution is 2.06.